The molecule has 154 valence electrons. The third kappa shape index (κ3) is 5.88. The molecule has 0 radical (unpaired) electrons. The van der Waals surface area contributed by atoms with E-state index in [0.717, 1.165) is 17.8 Å². The van der Waals surface area contributed by atoms with E-state index in [9.17, 15) is 21.6 Å². The molecule has 0 spiro atoms. The van der Waals surface area contributed by atoms with Crippen molar-refractivity contribution in [2.45, 2.75) is 34.2 Å². The molecule has 10 heteroatoms. The van der Waals surface area contributed by atoms with E-state index in [-0.39, 0.29) is 27.6 Å². The predicted molar refractivity (Wildman–Crippen MR) is 105 cm³/mol. The first-order valence-electron chi connectivity index (χ1n) is 8.79. The van der Waals surface area contributed by atoms with Gasteiger partial charge in [-0.15, -0.1) is 0 Å². The molecule has 0 aromatic heterocycles. The Labute approximate surface area is 171 Å². The molecule has 0 atom stereocenters. The van der Waals surface area contributed by atoms with Crippen molar-refractivity contribution in [3.63, 3.8) is 0 Å². The molecule has 1 aliphatic heterocycles. The summed E-state index contributed by atoms with van der Waals surface area (Å²) in [6, 6.07) is 13.7. The van der Waals surface area contributed by atoms with E-state index < -0.39 is 15.5 Å². The van der Waals surface area contributed by atoms with Crippen molar-refractivity contribution in [1.82, 2.24) is 4.72 Å². The highest BCUT2D eigenvalue weighted by Crippen LogP contribution is 2.37. The Bertz CT molecular complexity index is 977. The third-order valence-corrected chi connectivity index (χ3v) is 6.82. The summed E-state index contributed by atoms with van der Waals surface area (Å²) in [5.41, 5.74) is -2.86. The maximum absolute atomic E-state index is 12.5. The summed E-state index contributed by atoms with van der Waals surface area (Å²) in [5.74, 6) is 0. The van der Waals surface area contributed by atoms with Crippen LogP contribution >= 0.6 is 11.8 Å². The Morgan fingerprint density at radius 3 is 2.14 bits per heavy atom. The van der Waals surface area contributed by atoms with E-state index in [4.69, 9.17) is 5.26 Å². The largest absolute Gasteiger partial charge is 0.446 e. The first-order chi connectivity index (χ1) is 13.7. The number of hydrogen-bond acceptors (Lipinski definition) is 5. The molecule has 0 amide bonds. The zero-order valence-electron chi connectivity index (χ0n) is 15.2. The van der Waals surface area contributed by atoms with E-state index in [1.54, 1.807) is 12.1 Å². The van der Waals surface area contributed by atoms with Gasteiger partial charge in [0, 0.05) is 29.7 Å². The molecule has 1 saturated heterocycles. The number of nitriles is 1. The van der Waals surface area contributed by atoms with Gasteiger partial charge in [-0.1, -0.05) is 0 Å². The van der Waals surface area contributed by atoms with E-state index in [1.807, 2.05) is 12.1 Å². The third-order valence-electron chi connectivity index (χ3n) is 4.55. The van der Waals surface area contributed by atoms with Crippen LogP contribution in [-0.4, -0.2) is 33.1 Å². The van der Waals surface area contributed by atoms with E-state index in [2.05, 4.69) is 15.7 Å². The summed E-state index contributed by atoms with van der Waals surface area (Å²) in [7, 11) is -3.81. The fourth-order valence-corrected chi connectivity index (χ4v) is 4.95. The molecule has 1 fully saturated rings. The summed E-state index contributed by atoms with van der Waals surface area (Å²) in [6.07, 6.45) is 1.20. The molecule has 0 saturated carbocycles. The second-order valence-electron chi connectivity index (χ2n) is 6.56. The quantitative estimate of drug-likeness (QED) is 0.707. The van der Waals surface area contributed by atoms with Gasteiger partial charge in [0.05, 0.1) is 16.5 Å². The zero-order valence-corrected chi connectivity index (χ0v) is 16.8. The maximum Gasteiger partial charge on any atom is 0.446 e. The molecule has 2 aromatic carbocycles. The Morgan fingerprint density at radius 2 is 1.62 bits per heavy atom. The van der Waals surface area contributed by atoms with Gasteiger partial charge in [-0.2, -0.15) is 18.4 Å². The number of nitrogens with one attached hydrogen (secondary N) is 1. The van der Waals surface area contributed by atoms with Gasteiger partial charge in [-0.25, -0.2) is 13.1 Å². The average molecular weight is 442 g/mol. The van der Waals surface area contributed by atoms with Crippen LogP contribution in [0.5, 0.6) is 0 Å². The lowest BCUT2D eigenvalue weighted by Gasteiger charge is -2.33. The number of alkyl halides is 3. The molecular formula is C19H18F3N3O2S2. The van der Waals surface area contributed by atoms with Crippen LogP contribution in [0, 0.1) is 11.3 Å². The van der Waals surface area contributed by atoms with Gasteiger partial charge in [0.1, 0.15) is 0 Å². The van der Waals surface area contributed by atoms with Crippen LogP contribution in [0.25, 0.3) is 0 Å². The first-order valence-corrected chi connectivity index (χ1v) is 11.1. The fourth-order valence-electron chi connectivity index (χ4n) is 3.11. The van der Waals surface area contributed by atoms with Gasteiger partial charge < -0.3 is 4.90 Å². The number of rotatable bonds is 5. The van der Waals surface area contributed by atoms with Gasteiger partial charge in [-0.3, -0.25) is 0 Å². The van der Waals surface area contributed by atoms with Crippen LogP contribution in [0.15, 0.2) is 58.3 Å². The minimum atomic E-state index is -4.42. The second kappa shape index (κ2) is 8.65. The number of hydrogen-bond donors (Lipinski definition) is 1. The summed E-state index contributed by atoms with van der Waals surface area (Å²) >= 11 is -0.282. The standard InChI is InChI=1S/C19H18F3N3O2S2/c20-19(21,22)28-17-5-7-18(8-6-17)29(26,27)24-15-9-11-25(12-10-15)16-3-1-14(13-23)2-4-16/h1-8,15,24H,9-12H2. The minimum absolute atomic E-state index is 0.0569. The molecule has 1 aliphatic rings. The van der Waals surface area contributed by atoms with Crippen LogP contribution in [-0.2, 0) is 10.0 Å². The van der Waals surface area contributed by atoms with Gasteiger partial charge in [0.25, 0.3) is 0 Å². The molecule has 0 aliphatic carbocycles. The van der Waals surface area contributed by atoms with Crippen LogP contribution in [0.3, 0.4) is 0 Å². The molecule has 1 heterocycles. The van der Waals surface area contributed by atoms with Gasteiger partial charge in [0.2, 0.25) is 10.0 Å². The average Bonchev–Trinajstić information content (AvgIpc) is 2.67. The normalized spacial score (nSPS) is 15.9. The summed E-state index contributed by atoms with van der Waals surface area (Å²) in [6.45, 7) is 1.31. The Morgan fingerprint density at radius 1 is 1.03 bits per heavy atom. The lowest BCUT2D eigenvalue weighted by atomic mass is 10.1. The van der Waals surface area contributed by atoms with Crippen molar-refractivity contribution in [1.29, 1.82) is 5.26 Å². The van der Waals surface area contributed by atoms with Crippen LogP contribution in [0.4, 0.5) is 18.9 Å². The van der Waals surface area contributed by atoms with Gasteiger partial charge in [0.15, 0.2) is 0 Å². The maximum atomic E-state index is 12.5. The highest BCUT2D eigenvalue weighted by molar-refractivity contribution is 8.00. The lowest BCUT2D eigenvalue weighted by molar-refractivity contribution is -0.0328. The number of sulfonamides is 1. The molecule has 0 bridgehead atoms. The molecule has 1 N–H and O–H groups in total. The van der Waals surface area contributed by atoms with Gasteiger partial charge in [-0.05, 0) is 73.1 Å². The van der Waals surface area contributed by atoms with Crippen LogP contribution in [0.2, 0.25) is 0 Å². The SMILES string of the molecule is N#Cc1ccc(N2CCC(NS(=O)(=O)c3ccc(SC(F)(F)F)cc3)CC2)cc1. The van der Waals surface area contributed by atoms with E-state index in [0.29, 0.717) is 31.5 Å². The first kappa shape index (κ1) is 21.5. The van der Waals surface area contributed by atoms with Crippen molar-refractivity contribution in [2.24, 2.45) is 0 Å². The molecule has 29 heavy (non-hydrogen) atoms. The number of anilines is 1. The molecule has 0 unspecified atom stereocenters. The Balaban J connectivity index is 1.58. The van der Waals surface area contributed by atoms with E-state index in [1.165, 1.54) is 12.1 Å². The second-order valence-corrected chi connectivity index (χ2v) is 9.41. The van der Waals surface area contributed by atoms with E-state index >= 15 is 0 Å². The van der Waals surface area contributed by atoms with Crippen LogP contribution in [0.1, 0.15) is 18.4 Å². The topological polar surface area (TPSA) is 73.2 Å². The predicted octanol–water partition coefficient (Wildman–Crippen LogP) is 4.12. The highest BCUT2D eigenvalue weighted by Gasteiger charge is 2.29. The summed E-state index contributed by atoms with van der Waals surface area (Å²) in [4.78, 5) is 2.00. The van der Waals surface area contributed by atoms with Crippen LogP contribution < -0.4 is 9.62 Å². The monoisotopic (exact) mass is 441 g/mol. The van der Waals surface area contributed by atoms with Crippen molar-refractivity contribution >= 4 is 27.5 Å². The molecule has 5 nitrogen and oxygen atoms in total. The number of benzene rings is 2. The van der Waals surface area contributed by atoms with Crippen molar-refractivity contribution in [2.75, 3.05) is 18.0 Å². The molecular weight excluding hydrogens is 423 g/mol. The molecule has 3 rings (SSSR count). The van der Waals surface area contributed by atoms with Gasteiger partial charge >= 0.3 is 5.51 Å². The number of nitrogens with zero attached hydrogens (tertiary/aromatic N) is 2. The summed E-state index contributed by atoms with van der Waals surface area (Å²) in [5, 5.41) is 8.86. The lowest BCUT2D eigenvalue weighted by Crippen LogP contribution is -2.44. The Hall–Kier alpha value is -2.22. The Kier molecular flexibility index (Phi) is 6.41. The van der Waals surface area contributed by atoms with Crippen molar-refractivity contribution in [3.8, 4) is 6.07 Å². The van der Waals surface area contributed by atoms with Crippen molar-refractivity contribution < 1.29 is 21.6 Å². The number of piperidine rings is 1. The fraction of sp³-hybridized carbons (Fsp3) is 0.316. The number of thioether (sulfide) groups is 1. The number of halogens is 3. The summed E-state index contributed by atoms with van der Waals surface area (Å²) < 4.78 is 64.9. The smallest absolute Gasteiger partial charge is 0.371 e. The van der Waals surface area contributed by atoms with Crippen molar-refractivity contribution in [3.05, 3.63) is 54.1 Å². The highest BCUT2D eigenvalue weighted by atomic mass is 32.2. The zero-order chi connectivity index (χ0) is 21.1. The minimum Gasteiger partial charge on any atom is -0.371 e. The molecule has 2 aromatic rings.